The summed E-state index contributed by atoms with van der Waals surface area (Å²) in [5.41, 5.74) is 11.3. The predicted octanol–water partition coefficient (Wildman–Crippen LogP) is 3.59. The average Bonchev–Trinajstić information content (AvgIpc) is 2.96. The van der Waals surface area contributed by atoms with Crippen LogP contribution in [0.15, 0.2) is 59.0 Å². The van der Waals surface area contributed by atoms with Crippen LogP contribution in [-0.2, 0) is 26.0 Å². The molecule has 0 unspecified atom stereocenters. The summed E-state index contributed by atoms with van der Waals surface area (Å²) >= 11 is 10.4. The van der Waals surface area contributed by atoms with Crippen LogP contribution in [0, 0.1) is 0 Å². The van der Waals surface area contributed by atoms with Crippen LogP contribution in [-0.4, -0.2) is 94.0 Å². The third kappa shape index (κ3) is 10.8. The fourth-order valence-corrected chi connectivity index (χ4v) is 3.57. The van der Waals surface area contributed by atoms with Gasteiger partial charge < -0.3 is 30.1 Å². The molecule has 37 heavy (non-hydrogen) atoms. The summed E-state index contributed by atoms with van der Waals surface area (Å²) in [6, 6.07) is 11.4. The number of hydrogen-bond acceptors (Lipinski definition) is 8. The standard InChI is InChI=1S/2C12H16N4OS.Ni/c2*1-10(11-4-2-3-5-13-11)14-15-12(18)16-6-8-17-9-7-16;/h2*2-5H,6-9H2,1H3,(H,13,15,18);/q;;+2/p-2. The van der Waals surface area contributed by atoms with Crippen LogP contribution in [0.5, 0.6) is 0 Å². The number of nitrogens with zero attached hydrogens (tertiary/aromatic N) is 8. The number of rotatable bonds is 4. The molecule has 2 aliphatic rings. The fourth-order valence-electron chi connectivity index (χ4n) is 3.13. The van der Waals surface area contributed by atoms with Crippen LogP contribution in [0.2, 0.25) is 0 Å². The zero-order valence-corrected chi connectivity index (χ0v) is 23.4. The summed E-state index contributed by atoms with van der Waals surface area (Å²) in [7, 11) is 0. The Labute approximate surface area is 238 Å². The molecule has 200 valence electrons. The topological polar surface area (TPSA) is 104 Å². The molecule has 0 N–H and O–H groups in total. The van der Waals surface area contributed by atoms with Gasteiger partial charge in [-0.1, -0.05) is 36.6 Å². The van der Waals surface area contributed by atoms with Crippen molar-refractivity contribution >= 4 is 46.1 Å². The molecule has 0 radical (unpaired) electrons. The normalized spacial score (nSPS) is 16.1. The first-order valence-corrected chi connectivity index (χ1v) is 12.4. The second-order valence-electron chi connectivity index (χ2n) is 7.76. The number of aromatic nitrogens is 2. The number of pyridine rings is 2. The van der Waals surface area contributed by atoms with Gasteiger partial charge in [0.2, 0.25) is 0 Å². The van der Waals surface area contributed by atoms with Gasteiger partial charge in [-0.05, 0) is 64.3 Å². The van der Waals surface area contributed by atoms with Gasteiger partial charge in [-0.3, -0.25) is 20.2 Å². The van der Waals surface area contributed by atoms with Gasteiger partial charge in [0.25, 0.3) is 0 Å². The molecule has 2 aromatic rings. The average molecular weight is 585 g/mol. The minimum Gasteiger partial charge on any atom is -0.454 e. The molecule has 0 saturated carbocycles. The Hall–Kier alpha value is -2.57. The van der Waals surface area contributed by atoms with Gasteiger partial charge in [0.05, 0.1) is 22.8 Å². The van der Waals surface area contributed by atoms with Gasteiger partial charge in [0, 0.05) is 49.0 Å². The van der Waals surface area contributed by atoms with Crippen molar-refractivity contribution in [2.45, 2.75) is 13.8 Å². The Bertz CT molecular complexity index is 948. The summed E-state index contributed by atoms with van der Waals surface area (Å²) in [4.78, 5) is 12.4. The summed E-state index contributed by atoms with van der Waals surface area (Å²) in [5, 5.41) is 9.27. The monoisotopic (exact) mass is 584 g/mol. The third-order valence-electron chi connectivity index (χ3n) is 5.21. The molecule has 13 heteroatoms. The van der Waals surface area contributed by atoms with Gasteiger partial charge in [0.1, 0.15) is 0 Å². The van der Waals surface area contributed by atoms with E-state index in [9.17, 15) is 0 Å². The van der Waals surface area contributed by atoms with Crippen molar-refractivity contribution in [2.75, 3.05) is 52.6 Å². The zero-order chi connectivity index (χ0) is 25.6. The second-order valence-corrected chi connectivity index (χ2v) is 8.50. The summed E-state index contributed by atoms with van der Waals surface area (Å²) in [5.74, 6) is 0. The van der Waals surface area contributed by atoms with Crippen molar-refractivity contribution in [3.05, 3.63) is 71.0 Å². The molecule has 2 aliphatic heterocycles. The van der Waals surface area contributed by atoms with Crippen LogP contribution in [0.25, 0.3) is 10.9 Å². The van der Waals surface area contributed by atoms with Crippen molar-refractivity contribution < 1.29 is 26.0 Å². The van der Waals surface area contributed by atoms with Crippen molar-refractivity contribution in [1.82, 2.24) is 19.8 Å². The van der Waals surface area contributed by atoms with Crippen LogP contribution >= 0.6 is 24.4 Å². The predicted molar refractivity (Wildman–Crippen MR) is 150 cm³/mol. The Balaban J connectivity index is 0.000000253. The van der Waals surface area contributed by atoms with Gasteiger partial charge >= 0.3 is 16.5 Å². The third-order valence-corrected chi connectivity index (χ3v) is 5.89. The van der Waals surface area contributed by atoms with E-state index < -0.39 is 0 Å². The van der Waals surface area contributed by atoms with Gasteiger partial charge in [-0.25, -0.2) is 0 Å². The summed E-state index contributed by atoms with van der Waals surface area (Å²) < 4.78 is 10.5. The van der Waals surface area contributed by atoms with Crippen LogP contribution in [0.4, 0.5) is 0 Å². The van der Waals surface area contributed by atoms with E-state index in [1.165, 1.54) is 0 Å². The molecular weight excluding hydrogens is 555 g/mol. The zero-order valence-electron chi connectivity index (χ0n) is 20.8. The molecule has 4 heterocycles. The quantitative estimate of drug-likeness (QED) is 0.232. The Morgan fingerprint density at radius 2 is 1.11 bits per heavy atom. The van der Waals surface area contributed by atoms with Crippen LogP contribution in [0.1, 0.15) is 25.2 Å². The molecule has 0 atom stereocenters. The van der Waals surface area contributed by atoms with Crippen molar-refractivity contribution in [2.24, 2.45) is 10.2 Å². The van der Waals surface area contributed by atoms with E-state index in [2.05, 4.69) is 31.0 Å². The number of hydrogen-bond donors (Lipinski definition) is 0. The van der Waals surface area contributed by atoms with Crippen molar-refractivity contribution in [3.63, 3.8) is 0 Å². The number of ether oxygens (including phenoxy) is 2. The van der Waals surface area contributed by atoms with Crippen molar-refractivity contribution in [3.8, 4) is 0 Å². The summed E-state index contributed by atoms with van der Waals surface area (Å²) in [6.45, 7) is 9.62. The Kier molecular flexibility index (Phi) is 14.1. The molecule has 0 aliphatic carbocycles. The van der Waals surface area contributed by atoms with E-state index in [4.69, 9.17) is 33.9 Å². The number of thiocarbonyl (C=S) groups is 2. The summed E-state index contributed by atoms with van der Waals surface area (Å²) in [6.07, 6.45) is 3.46. The molecule has 2 aromatic heterocycles. The Morgan fingerprint density at radius 3 is 1.43 bits per heavy atom. The molecule has 10 nitrogen and oxygen atoms in total. The van der Waals surface area contributed by atoms with E-state index in [1.54, 1.807) is 12.4 Å². The molecule has 4 rings (SSSR count). The maximum atomic E-state index is 5.26. The molecule has 2 saturated heterocycles. The fraction of sp³-hybridized carbons (Fsp3) is 0.417. The van der Waals surface area contributed by atoms with E-state index in [-0.39, 0.29) is 16.5 Å². The van der Waals surface area contributed by atoms with E-state index >= 15 is 0 Å². The SMILES string of the molecule is C/C(=N\[N-]C(=S)N1CCOCC1)c1ccccn1.C/C(=N\[N-]C(=S)N1CCOCC1)c1ccccn1.[Ni+2]. The second kappa shape index (κ2) is 17.0. The van der Waals surface area contributed by atoms with Crippen molar-refractivity contribution in [1.29, 1.82) is 0 Å². The maximum absolute atomic E-state index is 5.26. The van der Waals surface area contributed by atoms with Crippen LogP contribution < -0.4 is 0 Å². The van der Waals surface area contributed by atoms with Gasteiger partial charge in [-0.2, -0.15) is 0 Å². The first-order valence-electron chi connectivity index (χ1n) is 11.6. The number of morpholine rings is 2. The van der Waals surface area contributed by atoms with E-state index in [1.807, 2.05) is 60.0 Å². The molecule has 0 amide bonds. The molecular formula is C24H30N8NiO2S2. The first kappa shape index (κ1) is 30.7. The van der Waals surface area contributed by atoms with Gasteiger partial charge in [0.15, 0.2) is 0 Å². The first-order chi connectivity index (χ1) is 17.5. The minimum absolute atomic E-state index is 0. The molecule has 2 fully saturated rings. The largest absolute Gasteiger partial charge is 2.00 e. The molecule has 0 spiro atoms. The Morgan fingerprint density at radius 1 is 0.730 bits per heavy atom. The van der Waals surface area contributed by atoms with E-state index in [0.29, 0.717) is 36.7 Å². The molecule has 0 aromatic carbocycles. The molecule has 0 bridgehead atoms. The van der Waals surface area contributed by atoms with Gasteiger partial charge in [-0.15, -0.1) is 0 Å². The van der Waals surface area contributed by atoms with Crippen LogP contribution in [0.3, 0.4) is 0 Å². The van der Waals surface area contributed by atoms with E-state index in [0.717, 1.165) is 49.0 Å². The smallest absolute Gasteiger partial charge is 0.454 e. The maximum Gasteiger partial charge on any atom is 2.00 e. The minimum atomic E-state index is 0.